The quantitative estimate of drug-likeness (QED) is 0.702. The van der Waals surface area contributed by atoms with E-state index in [1.165, 1.54) is 0 Å². The van der Waals surface area contributed by atoms with Gasteiger partial charge >= 0.3 is 0 Å². The van der Waals surface area contributed by atoms with Crippen LogP contribution >= 0.6 is 0 Å². The van der Waals surface area contributed by atoms with Crippen molar-refractivity contribution in [1.29, 1.82) is 5.26 Å². The highest BCUT2D eigenvalue weighted by atomic mass is 16.3. The van der Waals surface area contributed by atoms with Crippen LogP contribution < -0.4 is 0 Å². The van der Waals surface area contributed by atoms with Crippen molar-refractivity contribution in [2.75, 3.05) is 0 Å². The van der Waals surface area contributed by atoms with E-state index in [9.17, 15) is 5.11 Å². The molecule has 0 aromatic carbocycles. The van der Waals surface area contributed by atoms with E-state index in [1.54, 1.807) is 0 Å². The van der Waals surface area contributed by atoms with Crippen LogP contribution in [0.2, 0.25) is 0 Å². The summed E-state index contributed by atoms with van der Waals surface area (Å²) >= 11 is 0. The molecular formula is C10H19NO. The van der Waals surface area contributed by atoms with Crippen molar-refractivity contribution in [1.82, 2.24) is 0 Å². The summed E-state index contributed by atoms with van der Waals surface area (Å²) in [6.07, 6.45) is 0.941. The molecule has 0 aromatic heterocycles. The third-order valence-electron chi connectivity index (χ3n) is 2.68. The highest BCUT2D eigenvalue weighted by Gasteiger charge is 2.36. The first kappa shape index (κ1) is 11.4. The number of nitriles is 1. The second-order valence-electron chi connectivity index (χ2n) is 3.66. The lowest BCUT2D eigenvalue weighted by Crippen LogP contribution is -2.36. The Bertz CT molecular complexity index is 165. The third kappa shape index (κ3) is 1.98. The molecule has 0 radical (unpaired) electrons. The van der Waals surface area contributed by atoms with Crippen LogP contribution in [0.3, 0.4) is 0 Å². The van der Waals surface area contributed by atoms with Gasteiger partial charge in [0.15, 0.2) is 0 Å². The molecule has 1 atom stereocenters. The number of rotatable bonds is 4. The Hall–Kier alpha value is -0.550. The van der Waals surface area contributed by atoms with Crippen molar-refractivity contribution >= 4 is 0 Å². The molecule has 2 heteroatoms. The lowest BCUT2D eigenvalue weighted by molar-refractivity contribution is 0.0203. The maximum Gasteiger partial charge on any atom is 0.0829 e. The van der Waals surface area contributed by atoms with Crippen molar-refractivity contribution in [3.63, 3.8) is 0 Å². The molecule has 1 unspecified atom stereocenters. The topological polar surface area (TPSA) is 44.0 Å². The Morgan fingerprint density at radius 1 is 1.33 bits per heavy atom. The van der Waals surface area contributed by atoms with Gasteiger partial charge < -0.3 is 5.11 Å². The predicted octanol–water partition coefficient (Wildman–Crippen LogP) is 2.33. The van der Waals surface area contributed by atoms with Crippen LogP contribution in [0.15, 0.2) is 0 Å². The van der Waals surface area contributed by atoms with Crippen molar-refractivity contribution in [3.05, 3.63) is 0 Å². The van der Waals surface area contributed by atoms with Crippen molar-refractivity contribution in [2.24, 2.45) is 11.3 Å². The van der Waals surface area contributed by atoms with E-state index in [4.69, 9.17) is 5.26 Å². The summed E-state index contributed by atoms with van der Waals surface area (Å²) in [5.41, 5.74) is -0.534. The minimum Gasteiger partial charge on any atom is -0.391 e. The van der Waals surface area contributed by atoms with E-state index in [-0.39, 0.29) is 5.92 Å². The van der Waals surface area contributed by atoms with E-state index < -0.39 is 11.5 Å². The Kier molecular flexibility index (Phi) is 4.26. The van der Waals surface area contributed by atoms with Crippen LogP contribution in [-0.2, 0) is 0 Å². The van der Waals surface area contributed by atoms with Crippen LogP contribution in [-0.4, -0.2) is 11.2 Å². The molecular weight excluding hydrogens is 150 g/mol. The molecule has 0 fully saturated rings. The standard InChI is InChI=1S/C10H19NO/c1-5-10(6-2,7-11)9(12)8(3)4/h8-9,12H,5-6H2,1-4H3. The average molecular weight is 169 g/mol. The van der Waals surface area contributed by atoms with Crippen molar-refractivity contribution in [2.45, 2.75) is 46.6 Å². The highest BCUT2D eigenvalue weighted by Crippen LogP contribution is 2.33. The van der Waals surface area contributed by atoms with Gasteiger partial charge in [-0.05, 0) is 18.8 Å². The molecule has 0 rings (SSSR count). The van der Waals surface area contributed by atoms with Gasteiger partial charge in [-0.2, -0.15) is 5.26 Å². The molecule has 2 nitrogen and oxygen atoms in total. The van der Waals surface area contributed by atoms with Gasteiger partial charge in [-0.3, -0.25) is 0 Å². The van der Waals surface area contributed by atoms with Gasteiger partial charge in [-0.1, -0.05) is 27.7 Å². The van der Waals surface area contributed by atoms with E-state index in [1.807, 2.05) is 27.7 Å². The fraction of sp³-hybridized carbons (Fsp3) is 0.900. The van der Waals surface area contributed by atoms with Crippen molar-refractivity contribution < 1.29 is 5.11 Å². The van der Waals surface area contributed by atoms with E-state index in [2.05, 4.69) is 6.07 Å². The van der Waals surface area contributed by atoms with Gasteiger partial charge in [0.05, 0.1) is 17.6 Å². The van der Waals surface area contributed by atoms with Gasteiger partial charge in [0.25, 0.3) is 0 Å². The molecule has 0 heterocycles. The molecule has 0 spiro atoms. The lowest BCUT2D eigenvalue weighted by Gasteiger charge is -2.31. The minimum absolute atomic E-state index is 0.157. The summed E-state index contributed by atoms with van der Waals surface area (Å²) in [7, 11) is 0. The van der Waals surface area contributed by atoms with Gasteiger partial charge in [0.2, 0.25) is 0 Å². The van der Waals surface area contributed by atoms with Crippen molar-refractivity contribution in [3.8, 4) is 6.07 Å². The van der Waals surface area contributed by atoms with E-state index >= 15 is 0 Å². The second-order valence-corrected chi connectivity index (χ2v) is 3.66. The Labute approximate surface area is 75.2 Å². The van der Waals surface area contributed by atoms with Crippen LogP contribution in [0.1, 0.15) is 40.5 Å². The summed E-state index contributed by atoms with van der Waals surface area (Å²) in [6.45, 7) is 7.81. The predicted molar refractivity (Wildman–Crippen MR) is 49.5 cm³/mol. The molecule has 0 bridgehead atoms. The molecule has 1 N–H and O–H groups in total. The molecule has 0 aliphatic heterocycles. The maximum absolute atomic E-state index is 9.81. The maximum atomic E-state index is 9.81. The zero-order valence-corrected chi connectivity index (χ0v) is 8.46. The lowest BCUT2D eigenvalue weighted by atomic mass is 9.74. The SMILES string of the molecule is CCC(C#N)(CC)C(O)C(C)C. The smallest absolute Gasteiger partial charge is 0.0829 e. The van der Waals surface area contributed by atoms with Gasteiger partial charge in [0, 0.05) is 0 Å². The second kappa shape index (κ2) is 4.47. The van der Waals surface area contributed by atoms with Gasteiger partial charge in [-0.15, -0.1) is 0 Å². The zero-order chi connectivity index (χ0) is 9.78. The van der Waals surface area contributed by atoms with Gasteiger partial charge in [0.1, 0.15) is 0 Å². The molecule has 0 aliphatic rings. The summed E-state index contributed by atoms with van der Waals surface area (Å²) < 4.78 is 0. The van der Waals surface area contributed by atoms with E-state index in [0.29, 0.717) is 0 Å². The fourth-order valence-corrected chi connectivity index (χ4v) is 1.53. The summed E-state index contributed by atoms with van der Waals surface area (Å²) in [6, 6.07) is 2.25. The number of nitrogens with zero attached hydrogens (tertiary/aromatic N) is 1. The Balaban J connectivity index is 4.62. The molecule has 0 saturated heterocycles. The van der Waals surface area contributed by atoms with Crippen LogP contribution in [0.5, 0.6) is 0 Å². The van der Waals surface area contributed by atoms with Gasteiger partial charge in [-0.25, -0.2) is 0 Å². The monoisotopic (exact) mass is 169 g/mol. The van der Waals surface area contributed by atoms with Crippen LogP contribution in [0, 0.1) is 22.7 Å². The summed E-state index contributed by atoms with van der Waals surface area (Å²) in [5.74, 6) is 0.157. The Morgan fingerprint density at radius 3 is 1.83 bits per heavy atom. The minimum atomic E-state index is -0.534. The highest BCUT2D eigenvalue weighted by molar-refractivity contribution is 5.02. The summed E-state index contributed by atoms with van der Waals surface area (Å²) in [4.78, 5) is 0. The number of aliphatic hydroxyl groups excluding tert-OH is 1. The fourth-order valence-electron chi connectivity index (χ4n) is 1.53. The molecule has 0 aliphatic carbocycles. The molecule has 70 valence electrons. The molecule has 12 heavy (non-hydrogen) atoms. The normalized spacial score (nSPS) is 14.4. The molecule has 0 saturated carbocycles. The summed E-state index contributed by atoms with van der Waals surface area (Å²) in [5, 5.41) is 18.8. The first-order valence-corrected chi connectivity index (χ1v) is 4.63. The average Bonchev–Trinajstić information content (AvgIpc) is 2.08. The van der Waals surface area contributed by atoms with Crippen LogP contribution in [0.4, 0.5) is 0 Å². The van der Waals surface area contributed by atoms with Crippen LogP contribution in [0.25, 0.3) is 0 Å². The first-order valence-electron chi connectivity index (χ1n) is 4.63. The first-order chi connectivity index (χ1) is 5.54. The number of hydrogen-bond donors (Lipinski definition) is 1. The largest absolute Gasteiger partial charge is 0.391 e. The number of hydrogen-bond acceptors (Lipinski definition) is 2. The molecule has 0 amide bonds. The zero-order valence-electron chi connectivity index (χ0n) is 8.46. The van der Waals surface area contributed by atoms with E-state index in [0.717, 1.165) is 12.8 Å². The third-order valence-corrected chi connectivity index (χ3v) is 2.68. The Morgan fingerprint density at radius 2 is 1.75 bits per heavy atom. The number of aliphatic hydroxyl groups is 1. The molecule has 0 aromatic rings.